The number of thioether (sulfide) groups is 1. The van der Waals surface area contributed by atoms with Gasteiger partial charge in [0.25, 0.3) is 0 Å². The average molecular weight is 218 g/mol. The largest absolute Gasteiger partial charge is 0.355 e. The van der Waals surface area contributed by atoms with E-state index in [1.165, 1.54) is 0 Å². The maximum absolute atomic E-state index is 11.2. The maximum Gasteiger partial charge on any atom is 0.229 e. The van der Waals surface area contributed by atoms with Crippen molar-refractivity contribution < 1.29 is 4.79 Å². The molecule has 1 amide bonds. The first-order chi connectivity index (χ1) is 6.81. The summed E-state index contributed by atoms with van der Waals surface area (Å²) >= 11 is 1.70. The van der Waals surface area contributed by atoms with Gasteiger partial charge in [-0.15, -0.1) is 0 Å². The highest BCUT2D eigenvalue weighted by Crippen LogP contribution is 2.00. The summed E-state index contributed by atoms with van der Waals surface area (Å²) in [5.41, 5.74) is 5.36. The maximum atomic E-state index is 11.2. The van der Waals surface area contributed by atoms with Crippen LogP contribution in [-0.2, 0) is 4.79 Å². The van der Waals surface area contributed by atoms with E-state index in [1.807, 2.05) is 0 Å². The molecule has 0 aromatic heterocycles. The van der Waals surface area contributed by atoms with Gasteiger partial charge in [0.1, 0.15) is 0 Å². The fraction of sp³-hybridized carbons (Fsp3) is 0.900. The van der Waals surface area contributed by atoms with Crippen molar-refractivity contribution >= 4 is 17.7 Å². The van der Waals surface area contributed by atoms with E-state index in [4.69, 9.17) is 5.73 Å². The Labute approximate surface area is 91.2 Å². The van der Waals surface area contributed by atoms with E-state index in [-0.39, 0.29) is 5.91 Å². The Morgan fingerprint density at radius 1 is 1.36 bits per heavy atom. The van der Waals surface area contributed by atoms with Crippen LogP contribution in [-0.4, -0.2) is 30.5 Å². The van der Waals surface area contributed by atoms with Crippen LogP contribution < -0.4 is 11.1 Å². The lowest BCUT2D eigenvalue weighted by atomic mass is 10.2. The number of nitrogens with one attached hydrogen (secondary N) is 1. The van der Waals surface area contributed by atoms with Crippen LogP contribution in [0, 0.1) is 0 Å². The van der Waals surface area contributed by atoms with E-state index in [1.54, 1.807) is 11.8 Å². The van der Waals surface area contributed by atoms with Gasteiger partial charge in [-0.2, -0.15) is 11.8 Å². The zero-order valence-corrected chi connectivity index (χ0v) is 9.87. The lowest BCUT2D eigenvalue weighted by molar-refractivity contribution is -0.118. The van der Waals surface area contributed by atoms with Crippen LogP contribution in [0.4, 0.5) is 0 Å². The molecule has 4 heteroatoms. The minimum Gasteiger partial charge on any atom is -0.355 e. The molecule has 0 aromatic carbocycles. The SMILES string of the molecule is CCCSCC(=O)NCCCCCN. The lowest BCUT2D eigenvalue weighted by Crippen LogP contribution is -2.26. The number of hydrogen-bond donors (Lipinski definition) is 2. The van der Waals surface area contributed by atoms with Crippen molar-refractivity contribution in [1.82, 2.24) is 5.32 Å². The Kier molecular flexibility index (Phi) is 10.7. The molecule has 0 heterocycles. The Morgan fingerprint density at radius 3 is 2.79 bits per heavy atom. The number of hydrogen-bond acceptors (Lipinski definition) is 3. The number of unbranched alkanes of at least 4 members (excludes halogenated alkanes) is 2. The summed E-state index contributed by atoms with van der Waals surface area (Å²) in [6, 6.07) is 0. The molecule has 0 aliphatic heterocycles. The topological polar surface area (TPSA) is 55.1 Å². The summed E-state index contributed by atoms with van der Waals surface area (Å²) in [6.45, 7) is 3.67. The fourth-order valence-corrected chi connectivity index (χ4v) is 1.75. The highest BCUT2D eigenvalue weighted by Gasteiger charge is 1.99. The summed E-state index contributed by atoms with van der Waals surface area (Å²) in [5.74, 6) is 1.84. The van der Waals surface area contributed by atoms with Gasteiger partial charge in [0.15, 0.2) is 0 Å². The molecule has 0 atom stereocenters. The third-order valence-electron chi connectivity index (χ3n) is 1.78. The zero-order valence-electron chi connectivity index (χ0n) is 9.05. The molecule has 0 bridgehead atoms. The van der Waals surface area contributed by atoms with Gasteiger partial charge < -0.3 is 11.1 Å². The van der Waals surface area contributed by atoms with Gasteiger partial charge in [-0.05, 0) is 31.6 Å². The van der Waals surface area contributed by atoms with E-state index in [9.17, 15) is 4.79 Å². The molecule has 14 heavy (non-hydrogen) atoms. The molecule has 0 aliphatic carbocycles. The third kappa shape index (κ3) is 9.86. The number of rotatable bonds is 9. The number of carbonyl (C=O) groups is 1. The van der Waals surface area contributed by atoms with Crippen LogP contribution in [0.2, 0.25) is 0 Å². The van der Waals surface area contributed by atoms with E-state index in [0.29, 0.717) is 5.75 Å². The molecule has 84 valence electrons. The second-order valence-electron chi connectivity index (χ2n) is 3.25. The van der Waals surface area contributed by atoms with Crippen molar-refractivity contribution in [3.8, 4) is 0 Å². The van der Waals surface area contributed by atoms with E-state index in [0.717, 1.165) is 44.5 Å². The van der Waals surface area contributed by atoms with Gasteiger partial charge in [-0.3, -0.25) is 4.79 Å². The predicted octanol–water partition coefficient (Wildman–Crippen LogP) is 1.37. The Bertz CT molecular complexity index is 142. The van der Waals surface area contributed by atoms with Gasteiger partial charge in [0.2, 0.25) is 5.91 Å². The second-order valence-corrected chi connectivity index (χ2v) is 4.36. The molecule has 0 radical (unpaired) electrons. The summed E-state index contributed by atoms with van der Waals surface area (Å²) in [4.78, 5) is 11.2. The van der Waals surface area contributed by atoms with Gasteiger partial charge in [-0.1, -0.05) is 13.3 Å². The fourth-order valence-electron chi connectivity index (χ4n) is 1.03. The molecule has 3 nitrogen and oxygen atoms in total. The van der Waals surface area contributed by atoms with Crippen LogP contribution in [0.25, 0.3) is 0 Å². The van der Waals surface area contributed by atoms with Crippen molar-refractivity contribution in [3.05, 3.63) is 0 Å². The molecule has 0 aromatic rings. The molecule has 0 aliphatic rings. The molecule has 3 N–H and O–H groups in total. The molecular formula is C10H22N2OS. The highest BCUT2D eigenvalue weighted by molar-refractivity contribution is 7.99. The molecule has 0 saturated carbocycles. The van der Waals surface area contributed by atoms with Gasteiger partial charge in [-0.25, -0.2) is 0 Å². The quantitative estimate of drug-likeness (QED) is 0.575. The van der Waals surface area contributed by atoms with E-state index < -0.39 is 0 Å². The molecule has 0 unspecified atom stereocenters. The smallest absolute Gasteiger partial charge is 0.229 e. The molecule has 0 saturated heterocycles. The minimum atomic E-state index is 0.163. The van der Waals surface area contributed by atoms with Crippen LogP contribution >= 0.6 is 11.8 Å². The molecule has 0 spiro atoms. The standard InChI is InChI=1S/C10H22N2OS/c1-2-8-14-9-10(13)12-7-5-3-4-6-11/h2-9,11H2,1H3,(H,12,13). The first kappa shape index (κ1) is 13.8. The van der Waals surface area contributed by atoms with Crippen LogP contribution in [0.3, 0.4) is 0 Å². The monoisotopic (exact) mass is 218 g/mol. The van der Waals surface area contributed by atoms with Crippen molar-refractivity contribution in [2.75, 3.05) is 24.6 Å². The van der Waals surface area contributed by atoms with E-state index >= 15 is 0 Å². The van der Waals surface area contributed by atoms with Crippen LogP contribution in [0.1, 0.15) is 32.6 Å². The van der Waals surface area contributed by atoms with Gasteiger partial charge in [0, 0.05) is 6.54 Å². The number of amides is 1. The van der Waals surface area contributed by atoms with Crippen LogP contribution in [0.5, 0.6) is 0 Å². The van der Waals surface area contributed by atoms with E-state index in [2.05, 4.69) is 12.2 Å². The van der Waals surface area contributed by atoms with Gasteiger partial charge >= 0.3 is 0 Å². The number of carbonyl (C=O) groups excluding carboxylic acids is 1. The summed E-state index contributed by atoms with van der Waals surface area (Å²) in [7, 11) is 0. The van der Waals surface area contributed by atoms with Gasteiger partial charge in [0.05, 0.1) is 5.75 Å². The Balaban J connectivity index is 3.10. The molecule has 0 rings (SSSR count). The third-order valence-corrected chi connectivity index (χ3v) is 2.95. The zero-order chi connectivity index (χ0) is 10.6. The van der Waals surface area contributed by atoms with Crippen molar-refractivity contribution in [2.24, 2.45) is 5.73 Å². The van der Waals surface area contributed by atoms with Crippen molar-refractivity contribution in [1.29, 1.82) is 0 Å². The molecular weight excluding hydrogens is 196 g/mol. The number of nitrogens with two attached hydrogens (primary N) is 1. The Morgan fingerprint density at radius 2 is 2.14 bits per heavy atom. The summed E-state index contributed by atoms with van der Waals surface area (Å²) < 4.78 is 0. The average Bonchev–Trinajstić information content (AvgIpc) is 2.18. The minimum absolute atomic E-state index is 0.163. The normalized spacial score (nSPS) is 10.1. The predicted molar refractivity (Wildman–Crippen MR) is 63.5 cm³/mol. The first-order valence-electron chi connectivity index (χ1n) is 5.35. The summed E-state index contributed by atoms with van der Waals surface area (Å²) in [6.07, 6.45) is 4.34. The molecule has 0 fully saturated rings. The van der Waals surface area contributed by atoms with Crippen molar-refractivity contribution in [3.63, 3.8) is 0 Å². The van der Waals surface area contributed by atoms with Crippen molar-refractivity contribution in [2.45, 2.75) is 32.6 Å². The highest BCUT2D eigenvalue weighted by atomic mass is 32.2. The second kappa shape index (κ2) is 10.9. The summed E-state index contributed by atoms with van der Waals surface area (Å²) in [5, 5.41) is 2.90. The Hall–Kier alpha value is -0.220. The lowest BCUT2D eigenvalue weighted by Gasteiger charge is -2.04. The van der Waals surface area contributed by atoms with Crippen LogP contribution in [0.15, 0.2) is 0 Å². The first-order valence-corrected chi connectivity index (χ1v) is 6.51.